The van der Waals surface area contributed by atoms with E-state index >= 15 is 0 Å². The number of aliphatic hydroxyl groups is 12. The molecule has 2 aromatic carbocycles. The number of phenols is 3. The maximum atomic E-state index is 11.0. The van der Waals surface area contributed by atoms with E-state index in [0.29, 0.717) is 0 Å². The Hall–Kier alpha value is -3.62. The Morgan fingerprint density at radius 3 is 1.70 bits per heavy atom. The van der Waals surface area contributed by atoms with Gasteiger partial charge in [-0.05, 0) is 18.2 Å². The van der Waals surface area contributed by atoms with E-state index in [9.17, 15) is 71.5 Å². The minimum absolute atomic E-state index is 0.0332. The highest BCUT2D eigenvalue weighted by Gasteiger charge is 2.50. The summed E-state index contributed by atoms with van der Waals surface area (Å²) < 4.78 is 38.5. The number of hydrogen-bond acceptors (Lipinski definition) is 20. The fourth-order valence-corrected chi connectivity index (χ4v) is 6.39. The van der Waals surface area contributed by atoms with Gasteiger partial charge in [-0.3, -0.25) is 0 Å². The molecule has 21 heteroatoms. The monoisotopic (exact) mass is 775 g/mol. The summed E-state index contributed by atoms with van der Waals surface area (Å²) in [5.74, 6) is -1.79. The summed E-state index contributed by atoms with van der Waals surface area (Å²) in [4.78, 5) is 0. The van der Waals surface area contributed by atoms with Crippen LogP contribution in [0, 0.1) is 0 Å². The molecule has 54 heavy (non-hydrogen) atoms. The Labute approximate surface area is 304 Å². The minimum Gasteiger partial charge on any atom is -0.571 e. The predicted octanol–water partition coefficient (Wildman–Crippen LogP) is -5.04. The van der Waals surface area contributed by atoms with Gasteiger partial charge in [0, 0.05) is 12.1 Å². The minimum atomic E-state index is -1.94. The summed E-state index contributed by atoms with van der Waals surface area (Å²) in [6.45, 7) is -2.16. The molecule has 3 saturated heterocycles. The van der Waals surface area contributed by atoms with Gasteiger partial charge in [0.25, 0.3) is 11.9 Å². The van der Waals surface area contributed by atoms with Crippen LogP contribution in [-0.4, -0.2) is 188 Å². The van der Waals surface area contributed by atoms with E-state index in [-0.39, 0.29) is 28.4 Å². The van der Waals surface area contributed by atoms with Crippen LogP contribution in [0.1, 0.15) is 17.2 Å². The quantitative estimate of drug-likeness (QED) is 0.0793. The molecule has 21 nitrogen and oxygen atoms in total. The van der Waals surface area contributed by atoms with E-state index in [2.05, 4.69) is 4.74 Å². The van der Waals surface area contributed by atoms with Crippen LogP contribution in [0.4, 0.5) is 0 Å². The van der Waals surface area contributed by atoms with Crippen molar-refractivity contribution in [2.24, 2.45) is 0 Å². The second-order valence-electron chi connectivity index (χ2n) is 13.2. The van der Waals surface area contributed by atoms with Crippen LogP contribution >= 0.6 is 0 Å². The van der Waals surface area contributed by atoms with Crippen molar-refractivity contribution >= 4 is 6.08 Å². The molecule has 4 aliphatic heterocycles. The van der Waals surface area contributed by atoms with Gasteiger partial charge in [0.15, 0.2) is 23.5 Å². The van der Waals surface area contributed by atoms with E-state index in [0.717, 1.165) is 18.2 Å². The van der Waals surface area contributed by atoms with Gasteiger partial charge in [-0.15, -0.1) is 0 Å². The normalized spacial score (nSPS) is 39.6. The third-order valence-corrected chi connectivity index (χ3v) is 9.53. The van der Waals surface area contributed by atoms with Gasteiger partial charge >= 0.3 is 0 Å². The molecule has 0 bridgehead atoms. The third kappa shape index (κ3) is 7.75. The first-order valence-electron chi connectivity index (χ1n) is 16.7. The lowest BCUT2D eigenvalue weighted by Crippen LogP contribution is -2.61. The molecule has 4 aliphatic rings. The first-order chi connectivity index (χ1) is 25.6. The number of rotatable bonds is 10. The lowest BCUT2D eigenvalue weighted by molar-refractivity contribution is -0.328. The van der Waals surface area contributed by atoms with E-state index in [1.807, 2.05) is 0 Å². The van der Waals surface area contributed by atoms with Crippen molar-refractivity contribution in [2.75, 3.05) is 19.8 Å². The Morgan fingerprint density at radius 1 is 0.574 bits per heavy atom. The molecule has 0 radical (unpaired) electrons. The zero-order chi connectivity index (χ0) is 39.2. The second kappa shape index (κ2) is 16.2. The molecule has 15 N–H and O–H groups in total. The zero-order valence-corrected chi connectivity index (χ0v) is 28.0. The smallest absolute Gasteiger partial charge is 0.270 e. The van der Waals surface area contributed by atoms with E-state index < -0.39 is 135 Å². The van der Waals surface area contributed by atoms with E-state index in [1.54, 1.807) is 0 Å². The first-order valence-corrected chi connectivity index (χ1v) is 16.7. The number of phenolic OH excluding ortho intramolecular Hbond substituents is 3. The molecule has 4 heterocycles. The Kier molecular flexibility index (Phi) is 12.0. The van der Waals surface area contributed by atoms with Gasteiger partial charge in [-0.25, -0.2) is 0 Å². The summed E-state index contributed by atoms with van der Waals surface area (Å²) in [7, 11) is 0. The van der Waals surface area contributed by atoms with Crippen molar-refractivity contribution < 1.29 is 105 Å². The Balaban J connectivity index is 1.30. The standard InChI is InChI=1S/C33H42O21/c34-7-18-21(39)24(42)27(45)31(52-18)48-9-20-23(41)26(44)29(47)33(54-20)51-17-6-12-15(49-30(17)10-1-2-13(37)14(38)3-10)4-11(36)5-16(12)50-32-28(46)25(43)22(40)19(8-35)53-32/h1-6,18-47H,7-9H2/p+1. The van der Waals surface area contributed by atoms with Crippen LogP contribution in [0.2, 0.25) is 0 Å². The zero-order valence-electron chi connectivity index (χ0n) is 28.0. The lowest BCUT2D eigenvalue weighted by Gasteiger charge is -2.43. The van der Waals surface area contributed by atoms with Gasteiger partial charge in [0.05, 0.1) is 31.5 Å². The lowest BCUT2D eigenvalue weighted by atomic mass is 9.98. The number of benzene rings is 2. The van der Waals surface area contributed by atoms with Crippen molar-refractivity contribution in [3.63, 3.8) is 0 Å². The van der Waals surface area contributed by atoms with Crippen LogP contribution in [-0.2, 0) is 23.7 Å². The fraction of sp³-hybridized carbons (Fsp3) is 0.576. The molecule has 2 aromatic rings. The van der Waals surface area contributed by atoms with Crippen molar-refractivity contribution in [1.82, 2.24) is 0 Å². The SMILES string of the molecule is OCC1OC(OCC2OC(OC3=Cc4c(OC5OC(CO)C(O)C(O)C5O)cc(O)cc4[OH+]C3c3ccc(O)c(O)c3)C(O)C(O)C2O)C(O)C(O)C1O. The topological polar surface area (TPSA) is 351 Å². The maximum Gasteiger partial charge on any atom is 0.270 e. The summed E-state index contributed by atoms with van der Waals surface area (Å²) in [6, 6.07) is 5.98. The maximum absolute atomic E-state index is 11.0. The number of ether oxygens (including phenoxy) is 7. The van der Waals surface area contributed by atoms with Crippen LogP contribution in [0.25, 0.3) is 6.08 Å². The van der Waals surface area contributed by atoms with Gasteiger partial charge in [0.2, 0.25) is 12.6 Å². The highest BCUT2D eigenvalue weighted by atomic mass is 16.7. The van der Waals surface area contributed by atoms with Gasteiger partial charge in [-0.2, -0.15) is 0 Å². The molecule has 0 amide bonds. The number of hydrogen-bond donors (Lipinski definition) is 14. The van der Waals surface area contributed by atoms with Crippen molar-refractivity contribution in [3.8, 4) is 28.7 Å². The second-order valence-corrected chi connectivity index (χ2v) is 13.2. The molecule has 0 spiro atoms. The molecular weight excluding hydrogens is 732 g/mol. The van der Waals surface area contributed by atoms with Gasteiger partial charge in [-0.1, -0.05) is 0 Å². The Bertz CT molecular complexity index is 1640. The van der Waals surface area contributed by atoms with Gasteiger partial charge < -0.3 is 105 Å². The van der Waals surface area contributed by atoms with Crippen molar-refractivity contribution in [2.45, 2.75) is 98.2 Å². The summed E-state index contributed by atoms with van der Waals surface area (Å²) >= 11 is 0. The van der Waals surface area contributed by atoms with Crippen molar-refractivity contribution in [3.05, 3.63) is 47.2 Å². The molecule has 16 unspecified atom stereocenters. The molecule has 16 atom stereocenters. The highest BCUT2D eigenvalue weighted by molar-refractivity contribution is 5.70. The molecular formula is C33H43O21+. The number of aliphatic hydroxyl groups excluding tert-OH is 11. The molecule has 0 saturated carbocycles. The van der Waals surface area contributed by atoms with E-state index in [4.69, 9.17) is 28.4 Å². The molecule has 0 aliphatic carbocycles. The van der Waals surface area contributed by atoms with E-state index in [1.165, 1.54) is 18.2 Å². The third-order valence-electron chi connectivity index (χ3n) is 9.53. The average Bonchev–Trinajstić information content (AvgIpc) is 3.15. The summed E-state index contributed by atoms with van der Waals surface area (Å²) in [5.41, 5.74) is 0.239. The molecule has 0 aromatic heterocycles. The number of aromatic hydroxyl groups is 4. The summed E-state index contributed by atoms with van der Waals surface area (Å²) in [5, 5.41) is 144. The average molecular weight is 776 g/mol. The highest BCUT2D eigenvalue weighted by Crippen LogP contribution is 2.47. The van der Waals surface area contributed by atoms with Gasteiger partial charge in [0.1, 0.15) is 90.3 Å². The number of fused-ring (bicyclic) bond motifs is 1. The van der Waals surface area contributed by atoms with Crippen LogP contribution in [0.3, 0.4) is 0 Å². The molecule has 6 rings (SSSR count). The van der Waals surface area contributed by atoms with Crippen LogP contribution in [0.15, 0.2) is 36.1 Å². The predicted molar refractivity (Wildman–Crippen MR) is 172 cm³/mol. The summed E-state index contributed by atoms with van der Waals surface area (Å²) in [6.07, 6.45) is -25.5. The molecule has 3 fully saturated rings. The van der Waals surface area contributed by atoms with Crippen LogP contribution < -0.4 is 4.74 Å². The largest absolute Gasteiger partial charge is 0.571 e. The first kappa shape index (κ1) is 40.1. The fourth-order valence-electron chi connectivity index (χ4n) is 6.39. The molecule has 300 valence electrons. The van der Waals surface area contributed by atoms with Crippen LogP contribution in [0.5, 0.6) is 28.7 Å². The Morgan fingerprint density at radius 2 is 1.11 bits per heavy atom. The van der Waals surface area contributed by atoms with Crippen molar-refractivity contribution in [1.29, 1.82) is 0 Å².